The Labute approximate surface area is 209 Å². The minimum Gasteiger partial charge on any atom is -0.481 e. The van der Waals surface area contributed by atoms with E-state index in [1.165, 1.54) is 5.56 Å². The smallest absolute Gasteiger partial charge is 0.303 e. The van der Waals surface area contributed by atoms with E-state index in [-0.39, 0.29) is 12.8 Å². The van der Waals surface area contributed by atoms with E-state index in [9.17, 15) is 9.59 Å². The summed E-state index contributed by atoms with van der Waals surface area (Å²) >= 11 is 6.25. The molecule has 10 heteroatoms. The van der Waals surface area contributed by atoms with E-state index in [4.69, 9.17) is 31.5 Å². The summed E-state index contributed by atoms with van der Waals surface area (Å²) in [4.78, 5) is 26.7. The largest absolute Gasteiger partial charge is 0.481 e. The highest BCUT2D eigenvalue weighted by molar-refractivity contribution is 6.31. The Bertz CT molecular complexity index is 1080. The first-order valence-electron chi connectivity index (χ1n) is 11.4. The Morgan fingerprint density at radius 1 is 1.14 bits per heavy atom. The first-order chi connectivity index (χ1) is 16.8. The van der Waals surface area contributed by atoms with Crippen LogP contribution in [0.15, 0.2) is 41.4 Å². The van der Waals surface area contributed by atoms with Crippen molar-refractivity contribution in [3.05, 3.63) is 52.5 Å². The third-order valence-electron chi connectivity index (χ3n) is 5.65. The van der Waals surface area contributed by atoms with Crippen LogP contribution in [-0.4, -0.2) is 72.3 Å². The zero-order valence-corrected chi connectivity index (χ0v) is 20.6. The fourth-order valence-corrected chi connectivity index (χ4v) is 4.07. The van der Waals surface area contributed by atoms with Gasteiger partial charge in [-0.05, 0) is 43.7 Å². The maximum Gasteiger partial charge on any atom is 0.303 e. The Hall–Kier alpha value is -3.14. The molecule has 4 rings (SSSR count). The number of ether oxygens (including phenoxy) is 1. The number of anilines is 2. The van der Waals surface area contributed by atoms with Crippen molar-refractivity contribution in [2.45, 2.75) is 32.2 Å². The van der Waals surface area contributed by atoms with Gasteiger partial charge in [-0.25, -0.2) is 4.99 Å². The summed E-state index contributed by atoms with van der Waals surface area (Å²) in [5.41, 5.74) is 5.28. The van der Waals surface area contributed by atoms with Gasteiger partial charge < -0.3 is 30.5 Å². The zero-order chi connectivity index (χ0) is 25.4. The van der Waals surface area contributed by atoms with Crippen LogP contribution in [0.2, 0.25) is 5.02 Å². The summed E-state index contributed by atoms with van der Waals surface area (Å²) in [6.45, 7) is 5.64. The summed E-state index contributed by atoms with van der Waals surface area (Å²) in [7, 11) is 1.75. The summed E-state index contributed by atoms with van der Waals surface area (Å²) in [5.74, 6) is -1.15. The van der Waals surface area contributed by atoms with Gasteiger partial charge in [0.15, 0.2) is 0 Å². The van der Waals surface area contributed by atoms with Gasteiger partial charge in [-0.1, -0.05) is 23.2 Å². The number of aliphatic imine (C=N–C) groups is 1. The fourth-order valence-electron chi connectivity index (χ4n) is 3.90. The first-order valence-corrected chi connectivity index (χ1v) is 11.8. The van der Waals surface area contributed by atoms with E-state index in [0.717, 1.165) is 61.1 Å². The summed E-state index contributed by atoms with van der Waals surface area (Å²) in [6, 6.07) is 12.7. The normalized spacial score (nSPS) is 16.5. The SMILES string of the molecule is COCC[C@H]1CN(C2=Nc3cc(Cl)ccc3Nc3ccc(C)cc32)CCN1.O=C(O)CCC(=O)O. The number of nitrogens with zero attached hydrogens (tertiary/aromatic N) is 2. The summed E-state index contributed by atoms with van der Waals surface area (Å²) in [5, 5.41) is 23.6. The number of aliphatic carboxylic acids is 2. The molecule has 0 bridgehead atoms. The van der Waals surface area contributed by atoms with E-state index in [0.29, 0.717) is 11.1 Å². The van der Waals surface area contributed by atoms with E-state index >= 15 is 0 Å². The third kappa shape index (κ3) is 7.68. The number of nitrogens with one attached hydrogen (secondary N) is 2. The molecular weight excluding hydrogens is 472 g/mol. The van der Waals surface area contributed by atoms with Crippen molar-refractivity contribution in [1.82, 2.24) is 10.2 Å². The Balaban J connectivity index is 0.000000371. The Kier molecular flexibility index (Phi) is 9.47. The first kappa shape index (κ1) is 26.5. The monoisotopic (exact) mass is 502 g/mol. The molecule has 2 aromatic carbocycles. The van der Waals surface area contributed by atoms with Crippen molar-refractivity contribution in [2.24, 2.45) is 4.99 Å². The molecule has 0 saturated carbocycles. The molecule has 0 spiro atoms. The van der Waals surface area contributed by atoms with E-state index in [1.807, 2.05) is 18.2 Å². The number of carboxylic acid groups (broad SMARTS) is 2. The molecule has 1 saturated heterocycles. The van der Waals surface area contributed by atoms with E-state index in [1.54, 1.807) is 7.11 Å². The number of hydrogen-bond acceptors (Lipinski definition) is 7. The minimum absolute atomic E-state index is 0.296. The molecule has 2 aromatic rings. The van der Waals surface area contributed by atoms with Crippen LogP contribution >= 0.6 is 11.6 Å². The van der Waals surface area contributed by atoms with Gasteiger partial charge in [0, 0.05) is 55.7 Å². The van der Waals surface area contributed by atoms with E-state index < -0.39 is 11.9 Å². The predicted molar refractivity (Wildman–Crippen MR) is 136 cm³/mol. The number of benzene rings is 2. The second-order valence-electron chi connectivity index (χ2n) is 8.44. The van der Waals surface area contributed by atoms with Crippen LogP contribution in [0.4, 0.5) is 17.1 Å². The molecule has 2 aliphatic rings. The predicted octanol–water partition coefficient (Wildman–Crippen LogP) is 4.03. The van der Waals surface area contributed by atoms with Gasteiger partial charge in [0.1, 0.15) is 5.84 Å². The van der Waals surface area contributed by atoms with Crippen LogP contribution in [0.3, 0.4) is 0 Å². The van der Waals surface area contributed by atoms with Crippen molar-refractivity contribution < 1.29 is 24.5 Å². The number of hydrogen-bond donors (Lipinski definition) is 4. The summed E-state index contributed by atoms with van der Waals surface area (Å²) < 4.78 is 5.26. The van der Waals surface area contributed by atoms with Gasteiger partial charge in [-0.3, -0.25) is 9.59 Å². The van der Waals surface area contributed by atoms with Crippen molar-refractivity contribution in [1.29, 1.82) is 0 Å². The standard InChI is InChI=1S/C21H25ClN4O.C4H6O4/c1-14-3-5-18-17(11-14)21(25-20-12-15(22)4-6-19(20)24-18)26-9-8-23-16(13-26)7-10-27-2;5-3(6)1-2-4(7)8/h3-6,11-12,16,23-24H,7-10,13H2,1-2H3;1-2H2,(H,5,6)(H,7,8)/t16-;/m0./s1. The lowest BCUT2D eigenvalue weighted by atomic mass is 10.1. The highest BCUT2D eigenvalue weighted by Gasteiger charge is 2.26. The number of carbonyl (C=O) groups is 2. The summed E-state index contributed by atoms with van der Waals surface area (Å²) in [6.07, 6.45) is 0.395. The van der Waals surface area contributed by atoms with Gasteiger partial charge in [0.05, 0.1) is 24.2 Å². The molecule has 2 heterocycles. The lowest BCUT2D eigenvalue weighted by molar-refractivity contribution is -0.143. The average molecular weight is 503 g/mol. The number of aryl methyl sites for hydroxylation is 1. The molecular formula is C25H31ClN4O5. The van der Waals surface area contributed by atoms with Gasteiger partial charge >= 0.3 is 11.9 Å². The molecule has 0 radical (unpaired) electrons. The second kappa shape index (κ2) is 12.5. The zero-order valence-electron chi connectivity index (χ0n) is 19.9. The topological polar surface area (TPSA) is 123 Å². The highest BCUT2D eigenvalue weighted by atomic mass is 35.5. The highest BCUT2D eigenvalue weighted by Crippen LogP contribution is 2.37. The van der Waals surface area contributed by atoms with Crippen LogP contribution in [0, 0.1) is 6.92 Å². The molecule has 188 valence electrons. The molecule has 0 aliphatic carbocycles. The van der Waals surface area contributed by atoms with Crippen LogP contribution in [0.5, 0.6) is 0 Å². The molecule has 0 aromatic heterocycles. The van der Waals surface area contributed by atoms with Crippen molar-refractivity contribution in [2.75, 3.05) is 38.7 Å². The molecule has 35 heavy (non-hydrogen) atoms. The number of amidine groups is 1. The van der Waals surface area contributed by atoms with Crippen LogP contribution in [-0.2, 0) is 14.3 Å². The van der Waals surface area contributed by atoms with Crippen LogP contribution in [0.1, 0.15) is 30.4 Å². The number of halogens is 1. The second-order valence-corrected chi connectivity index (χ2v) is 8.87. The lowest BCUT2D eigenvalue weighted by Gasteiger charge is -2.36. The molecule has 1 atom stereocenters. The van der Waals surface area contributed by atoms with Gasteiger partial charge in [0.25, 0.3) is 0 Å². The number of piperazine rings is 1. The van der Waals surface area contributed by atoms with Gasteiger partial charge in [0.2, 0.25) is 0 Å². The van der Waals surface area contributed by atoms with Crippen LogP contribution in [0.25, 0.3) is 0 Å². The van der Waals surface area contributed by atoms with Crippen molar-refractivity contribution in [3.8, 4) is 0 Å². The Morgan fingerprint density at radius 2 is 1.86 bits per heavy atom. The van der Waals surface area contributed by atoms with Crippen molar-refractivity contribution >= 4 is 46.4 Å². The number of carboxylic acids is 2. The third-order valence-corrected chi connectivity index (χ3v) is 5.88. The average Bonchev–Trinajstić information content (AvgIpc) is 2.98. The van der Waals surface area contributed by atoms with Crippen molar-refractivity contribution in [3.63, 3.8) is 0 Å². The van der Waals surface area contributed by atoms with Gasteiger partial charge in [-0.2, -0.15) is 0 Å². The fraction of sp³-hybridized carbons (Fsp3) is 0.400. The molecule has 4 N–H and O–H groups in total. The number of rotatable bonds is 6. The molecule has 1 fully saturated rings. The molecule has 0 amide bonds. The molecule has 2 aliphatic heterocycles. The Morgan fingerprint density at radius 3 is 2.54 bits per heavy atom. The minimum atomic E-state index is -1.08. The maximum atomic E-state index is 9.64. The maximum absolute atomic E-state index is 9.64. The lowest BCUT2D eigenvalue weighted by Crippen LogP contribution is -2.53. The van der Waals surface area contributed by atoms with Crippen LogP contribution < -0.4 is 10.6 Å². The molecule has 9 nitrogen and oxygen atoms in total. The number of fused-ring (bicyclic) bond motifs is 2. The van der Waals surface area contributed by atoms with Gasteiger partial charge in [-0.15, -0.1) is 0 Å². The number of methoxy groups -OCH3 is 1. The molecule has 0 unspecified atom stereocenters. The quantitative estimate of drug-likeness (QED) is 0.467. The van der Waals surface area contributed by atoms with E-state index in [2.05, 4.69) is 40.7 Å².